The summed E-state index contributed by atoms with van der Waals surface area (Å²) < 4.78 is 29.2. The van der Waals surface area contributed by atoms with Gasteiger partial charge in [0.15, 0.2) is 0 Å². The molecule has 168 valence electrons. The SMILES string of the molecule is CC(C)Cn1ccc2cc(NC(=O)C3CCN(C(=O)c4ccc(F)cc4F)CC3)ccc21. The van der Waals surface area contributed by atoms with Crippen molar-refractivity contribution < 1.29 is 18.4 Å². The van der Waals surface area contributed by atoms with E-state index in [1.165, 1.54) is 4.90 Å². The van der Waals surface area contributed by atoms with E-state index in [2.05, 4.69) is 29.9 Å². The number of likely N-dealkylation sites (tertiary alicyclic amines) is 1. The van der Waals surface area contributed by atoms with Gasteiger partial charge in [0, 0.05) is 54.4 Å². The fourth-order valence-electron chi connectivity index (χ4n) is 4.25. The Morgan fingerprint density at radius 1 is 1.06 bits per heavy atom. The van der Waals surface area contributed by atoms with Crippen molar-refractivity contribution in [2.75, 3.05) is 18.4 Å². The average Bonchev–Trinajstić information content (AvgIpc) is 3.14. The molecule has 5 nitrogen and oxygen atoms in total. The second-order valence-corrected chi connectivity index (χ2v) is 8.82. The summed E-state index contributed by atoms with van der Waals surface area (Å²) in [7, 11) is 0. The lowest BCUT2D eigenvalue weighted by Crippen LogP contribution is -2.41. The molecule has 32 heavy (non-hydrogen) atoms. The van der Waals surface area contributed by atoms with E-state index < -0.39 is 17.5 Å². The molecule has 0 unspecified atom stereocenters. The molecule has 1 aliphatic heterocycles. The molecule has 0 saturated carbocycles. The van der Waals surface area contributed by atoms with Gasteiger partial charge in [-0.25, -0.2) is 8.78 Å². The van der Waals surface area contributed by atoms with E-state index in [4.69, 9.17) is 0 Å². The van der Waals surface area contributed by atoms with Crippen molar-refractivity contribution >= 4 is 28.4 Å². The number of fused-ring (bicyclic) bond motifs is 1. The Bertz CT molecular complexity index is 1150. The number of carbonyl (C=O) groups is 2. The van der Waals surface area contributed by atoms with Crippen molar-refractivity contribution in [1.82, 2.24) is 9.47 Å². The number of nitrogens with zero attached hydrogens (tertiary/aromatic N) is 2. The highest BCUT2D eigenvalue weighted by Crippen LogP contribution is 2.25. The maximum absolute atomic E-state index is 13.9. The predicted octanol–water partition coefficient (Wildman–Crippen LogP) is 5.07. The minimum absolute atomic E-state index is 0.0778. The van der Waals surface area contributed by atoms with Crippen LogP contribution in [0.1, 0.15) is 37.0 Å². The minimum atomic E-state index is -0.868. The summed E-state index contributed by atoms with van der Waals surface area (Å²) in [6.07, 6.45) is 3.05. The Balaban J connectivity index is 1.36. The van der Waals surface area contributed by atoms with Crippen LogP contribution in [0.15, 0.2) is 48.7 Å². The third-order valence-corrected chi connectivity index (χ3v) is 5.91. The molecule has 1 aromatic heterocycles. The van der Waals surface area contributed by atoms with E-state index in [1.54, 1.807) is 0 Å². The second-order valence-electron chi connectivity index (χ2n) is 8.82. The molecule has 2 aromatic carbocycles. The number of aromatic nitrogens is 1. The number of rotatable bonds is 5. The Morgan fingerprint density at radius 3 is 2.50 bits per heavy atom. The number of amides is 2. The number of nitrogens with one attached hydrogen (secondary N) is 1. The van der Waals surface area contributed by atoms with Crippen molar-refractivity contribution in [2.24, 2.45) is 11.8 Å². The van der Waals surface area contributed by atoms with Gasteiger partial charge in [-0.15, -0.1) is 0 Å². The molecule has 0 radical (unpaired) electrons. The zero-order valence-electron chi connectivity index (χ0n) is 18.3. The molecular weight excluding hydrogens is 412 g/mol. The molecule has 1 fully saturated rings. The second kappa shape index (κ2) is 9.10. The summed E-state index contributed by atoms with van der Waals surface area (Å²) >= 11 is 0. The maximum Gasteiger partial charge on any atom is 0.256 e. The lowest BCUT2D eigenvalue weighted by Gasteiger charge is -2.31. The van der Waals surface area contributed by atoms with E-state index >= 15 is 0 Å². The molecule has 3 aromatic rings. The normalized spacial score (nSPS) is 14.8. The van der Waals surface area contributed by atoms with Gasteiger partial charge in [0.1, 0.15) is 11.6 Å². The van der Waals surface area contributed by atoms with Crippen LogP contribution in [0.25, 0.3) is 10.9 Å². The van der Waals surface area contributed by atoms with Gasteiger partial charge in [-0.3, -0.25) is 9.59 Å². The fraction of sp³-hybridized carbons (Fsp3) is 0.360. The maximum atomic E-state index is 13.9. The monoisotopic (exact) mass is 439 g/mol. The van der Waals surface area contributed by atoms with Gasteiger partial charge >= 0.3 is 0 Å². The number of hydrogen-bond donors (Lipinski definition) is 1. The summed E-state index contributed by atoms with van der Waals surface area (Å²) in [6.45, 7) is 5.99. The van der Waals surface area contributed by atoms with E-state index in [-0.39, 0.29) is 17.4 Å². The first-order valence-corrected chi connectivity index (χ1v) is 11.0. The van der Waals surface area contributed by atoms with Crippen LogP contribution in [0.2, 0.25) is 0 Å². The molecule has 2 heterocycles. The van der Waals surface area contributed by atoms with E-state index in [0.717, 1.165) is 35.3 Å². The molecule has 1 N–H and O–H groups in total. The van der Waals surface area contributed by atoms with Gasteiger partial charge in [0.25, 0.3) is 5.91 Å². The van der Waals surface area contributed by atoms with Crippen LogP contribution in [-0.2, 0) is 11.3 Å². The number of benzene rings is 2. The van der Waals surface area contributed by atoms with Crippen LogP contribution in [-0.4, -0.2) is 34.4 Å². The first-order valence-electron chi connectivity index (χ1n) is 11.0. The van der Waals surface area contributed by atoms with Gasteiger partial charge in [-0.1, -0.05) is 13.8 Å². The lowest BCUT2D eigenvalue weighted by atomic mass is 9.95. The third kappa shape index (κ3) is 4.66. The molecule has 0 aliphatic carbocycles. The standard InChI is InChI=1S/C25H27F2N3O2/c1-16(2)15-30-12-9-18-13-20(4-6-23(18)30)28-24(31)17-7-10-29(11-8-17)25(32)21-5-3-19(26)14-22(21)27/h3-6,9,12-14,16-17H,7-8,10-11,15H2,1-2H3,(H,28,31). The van der Waals surface area contributed by atoms with Crippen LogP contribution in [0.3, 0.4) is 0 Å². The number of halogens is 2. The molecule has 1 aliphatic rings. The fourth-order valence-corrected chi connectivity index (χ4v) is 4.25. The first-order chi connectivity index (χ1) is 15.3. The summed E-state index contributed by atoms with van der Waals surface area (Å²) in [5.41, 5.74) is 1.74. The van der Waals surface area contributed by atoms with Crippen molar-refractivity contribution in [3.05, 3.63) is 65.9 Å². The number of carbonyl (C=O) groups excluding carboxylic acids is 2. The number of piperidine rings is 1. The van der Waals surface area contributed by atoms with Gasteiger partial charge in [0.05, 0.1) is 5.56 Å². The Kier molecular flexibility index (Phi) is 6.26. The quantitative estimate of drug-likeness (QED) is 0.604. The zero-order chi connectivity index (χ0) is 22.8. The van der Waals surface area contributed by atoms with Crippen molar-refractivity contribution in [2.45, 2.75) is 33.2 Å². The summed E-state index contributed by atoms with van der Waals surface area (Å²) in [5, 5.41) is 4.07. The zero-order valence-corrected chi connectivity index (χ0v) is 18.3. The molecule has 0 spiro atoms. The predicted molar refractivity (Wildman–Crippen MR) is 120 cm³/mol. The Morgan fingerprint density at radius 2 is 1.81 bits per heavy atom. The van der Waals surface area contributed by atoms with E-state index in [9.17, 15) is 18.4 Å². The van der Waals surface area contributed by atoms with Crippen LogP contribution in [0, 0.1) is 23.5 Å². The van der Waals surface area contributed by atoms with E-state index in [1.807, 2.05) is 24.3 Å². The van der Waals surface area contributed by atoms with Crippen molar-refractivity contribution in [1.29, 1.82) is 0 Å². The number of anilines is 1. The van der Waals surface area contributed by atoms with Crippen LogP contribution >= 0.6 is 0 Å². The largest absolute Gasteiger partial charge is 0.347 e. The summed E-state index contributed by atoms with van der Waals surface area (Å²) in [5.74, 6) is -1.82. The molecule has 7 heteroatoms. The van der Waals surface area contributed by atoms with Crippen LogP contribution in [0.5, 0.6) is 0 Å². The Labute approximate surface area is 186 Å². The van der Waals surface area contributed by atoms with Gasteiger partial charge in [-0.05, 0) is 55.2 Å². The van der Waals surface area contributed by atoms with Crippen LogP contribution < -0.4 is 5.32 Å². The molecule has 0 atom stereocenters. The molecule has 4 rings (SSSR count). The van der Waals surface area contributed by atoms with Crippen molar-refractivity contribution in [3.8, 4) is 0 Å². The van der Waals surface area contributed by atoms with E-state index in [0.29, 0.717) is 37.9 Å². The highest BCUT2D eigenvalue weighted by atomic mass is 19.1. The lowest BCUT2D eigenvalue weighted by molar-refractivity contribution is -0.121. The molecule has 1 saturated heterocycles. The van der Waals surface area contributed by atoms with Crippen LogP contribution in [0.4, 0.5) is 14.5 Å². The smallest absolute Gasteiger partial charge is 0.256 e. The van der Waals surface area contributed by atoms with Gasteiger partial charge in [-0.2, -0.15) is 0 Å². The van der Waals surface area contributed by atoms with Crippen molar-refractivity contribution in [3.63, 3.8) is 0 Å². The topological polar surface area (TPSA) is 54.3 Å². The highest BCUT2D eigenvalue weighted by molar-refractivity contribution is 5.96. The summed E-state index contributed by atoms with van der Waals surface area (Å²) in [4.78, 5) is 26.8. The van der Waals surface area contributed by atoms with Gasteiger partial charge < -0.3 is 14.8 Å². The van der Waals surface area contributed by atoms with Gasteiger partial charge in [0.2, 0.25) is 5.91 Å². The number of hydrogen-bond acceptors (Lipinski definition) is 2. The molecule has 2 amide bonds. The highest BCUT2D eigenvalue weighted by Gasteiger charge is 2.29. The first kappa shape index (κ1) is 22.0. The third-order valence-electron chi connectivity index (χ3n) is 5.91. The molecular formula is C25H27F2N3O2. The summed E-state index contributed by atoms with van der Waals surface area (Å²) in [6, 6.07) is 10.9. The molecule has 0 bridgehead atoms. The minimum Gasteiger partial charge on any atom is -0.347 e. The average molecular weight is 440 g/mol. The Hall–Kier alpha value is -3.22.